The van der Waals surface area contributed by atoms with Crippen molar-refractivity contribution >= 4 is 17.6 Å². The maximum Gasteiger partial charge on any atom is 0.301 e. The normalized spacial score (nSPS) is 10.3. The molecule has 0 aliphatic heterocycles. The highest BCUT2D eigenvalue weighted by molar-refractivity contribution is 6.07. The molecule has 1 amide bonds. The first-order valence-corrected chi connectivity index (χ1v) is 6.68. The van der Waals surface area contributed by atoms with Gasteiger partial charge in [-0.05, 0) is 32.4 Å². The lowest BCUT2D eigenvalue weighted by molar-refractivity contribution is 0.102. The van der Waals surface area contributed by atoms with Crippen LogP contribution in [0.25, 0.3) is 0 Å². The number of rotatable bonds is 5. The number of carbonyl (C=O) groups is 1. The van der Waals surface area contributed by atoms with Gasteiger partial charge in [0.2, 0.25) is 0 Å². The molecule has 106 valence electrons. The Kier molecular flexibility index (Phi) is 4.40. The van der Waals surface area contributed by atoms with Crippen molar-refractivity contribution < 1.29 is 9.21 Å². The molecule has 1 aromatic heterocycles. The van der Waals surface area contributed by atoms with Crippen LogP contribution in [-0.4, -0.2) is 17.4 Å². The number of nitrogens with one attached hydrogen (secondary N) is 2. The molecule has 0 atom stereocenters. The van der Waals surface area contributed by atoms with E-state index in [1.54, 1.807) is 6.92 Å². The number of benzene rings is 1. The average molecular weight is 273 g/mol. The van der Waals surface area contributed by atoms with E-state index in [1.807, 2.05) is 25.1 Å². The van der Waals surface area contributed by atoms with Gasteiger partial charge in [-0.15, -0.1) is 0 Å². The molecule has 0 aliphatic rings. The Labute approximate surface area is 118 Å². The van der Waals surface area contributed by atoms with Crippen molar-refractivity contribution in [3.8, 4) is 0 Å². The molecule has 2 N–H and O–H groups in total. The van der Waals surface area contributed by atoms with Crippen LogP contribution in [0, 0.1) is 13.8 Å². The number of aromatic nitrogens is 1. The lowest BCUT2D eigenvalue weighted by atomic mass is 10.1. The second-order valence-corrected chi connectivity index (χ2v) is 4.72. The summed E-state index contributed by atoms with van der Waals surface area (Å²) in [6.07, 6.45) is 2.50. The van der Waals surface area contributed by atoms with E-state index < -0.39 is 0 Å². The van der Waals surface area contributed by atoms with Crippen LogP contribution in [0.2, 0.25) is 0 Å². The van der Waals surface area contributed by atoms with E-state index in [4.69, 9.17) is 4.42 Å². The van der Waals surface area contributed by atoms with Crippen LogP contribution in [0.1, 0.15) is 35.0 Å². The summed E-state index contributed by atoms with van der Waals surface area (Å²) in [5.41, 5.74) is 3.17. The van der Waals surface area contributed by atoms with E-state index in [0.717, 1.165) is 29.9 Å². The van der Waals surface area contributed by atoms with Crippen LogP contribution in [0.3, 0.4) is 0 Å². The van der Waals surface area contributed by atoms with Gasteiger partial charge in [0.25, 0.3) is 5.91 Å². The standard InChI is InChI=1S/C15H19N3O2/c1-4-7-16-13-6-5-10(2)8-12(13)14(19)18-15-17-11(3)9-20-15/h5-6,8-9,16H,4,7H2,1-3H3,(H,17,18,19). The van der Waals surface area contributed by atoms with Gasteiger partial charge >= 0.3 is 6.01 Å². The first-order chi connectivity index (χ1) is 9.60. The molecule has 0 bridgehead atoms. The third-order valence-electron chi connectivity index (χ3n) is 2.82. The Hall–Kier alpha value is -2.30. The highest BCUT2D eigenvalue weighted by atomic mass is 16.4. The number of aryl methyl sites for hydroxylation is 2. The fraction of sp³-hybridized carbons (Fsp3) is 0.333. The van der Waals surface area contributed by atoms with Crippen molar-refractivity contribution in [3.05, 3.63) is 41.3 Å². The number of hydrogen-bond acceptors (Lipinski definition) is 4. The van der Waals surface area contributed by atoms with Gasteiger partial charge in [-0.2, -0.15) is 4.98 Å². The second kappa shape index (κ2) is 6.23. The Morgan fingerprint density at radius 3 is 2.80 bits per heavy atom. The Morgan fingerprint density at radius 1 is 1.35 bits per heavy atom. The summed E-state index contributed by atoms with van der Waals surface area (Å²) in [4.78, 5) is 16.4. The summed E-state index contributed by atoms with van der Waals surface area (Å²) in [6, 6.07) is 5.96. The third-order valence-corrected chi connectivity index (χ3v) is 2.82. The monoisotopic (exact) mass is 273 g/mol. The molecule has 1 aromatic carbocycles. The molecule has 2 aromatic rings. The van der Waals surface area contributed by atoms with Gasteiger partial charge in [0.05, 0.1) is 11.3 Å². The quantitative estimate of drug-likeness (QED) is 0.876. The molecule has 0 aliphatic carbocycles. The van der Waals surface area contributed by atoms with Crippen LogP contribution < -0.4 is 10.6 Å². The molecule has 0 saturated carbocycles. The lowest BCUT2D eigenvalue weighted by Gasteiger charge is -2.11. The molecule has 0 spiro atoms. The summed E-state index contributed by atoms with van der Waals surface area (Å²) in [5.74, 6) is -0.228. The van der Waals surface area contributed by atoms with Crippen LogP contribution in [0.4, 0.5) is 11.7 Å². The SMILES string of the molecule is CCCNc1ccc(C)cc1C(=O)Nc1nc(C)co1. The summed E-state index contributed by atoms with van der Waals surface area (Å²) in [5, 5.41) is 5.92. The lowest BCUT2D eigenvalue weighted by Crippen LogP contribution is -2.15. The molecule has 5 heteroatoms. The van der Waals surface area contributed by atoms with Gasteiger partial charge in [0.1, 0.15) is 6.26 Å². The van der Waals surface area contributed by atoms with E-state index in [9.17, 15) is 4.79 Å². The number of amides is 1. The van der Waals surface area contributed by atoms with Gasteiger partial charge in [-0.3, -0.25) is 10.1 Å². The molecular formula is C15H19N3O2. The van der Waals surface area contributed by atoms with Crippen molar-refractivity contribution in [1.82, 2.24) is 4.98 Å². The minimum Gasteiger partial charge on any atom is -0.432 e. The van der Waals surface area contributed by atoms with Crippen molar-refractivity contribution in [2.75, 3.05) is 17.2 Å². The summed E-state index contributed by atoms with van der Waals surface area (Å²) in [7, 11) is 0. The maximum absolute atomic E-state index is 12.3. The molecule has 1 heterocycles. The van der Waals surface area contributed by atoms with Crippen LogP contribution in [-0.2, 0) is 0 Å². The summed E-state index contributed by atoms with van der Waals surface area (Å²) >= 11 is 0. The molecule has 5 nitrogen and oxygen atoms in total. The molecule has 2 rings (SSSR count). The average Bonchev–Trinajstić information content (AvgIpc) is 2.82. The molecule has 0 fully saturated rings. The Morgan fingerprint density at radius 2 is 2.15 bits per heavy atom. The van der Waals surface area contributed by atoms with Crippen molar-refractivity contribution in [2.45, 2.75) is 27.2 Å². The number of nitrogens with zero attached hydrogens (tertiary/aromatic N) is 1. The summed E-state index contributed by atoms with van der Waals surface area (Å²) < 4.78 is 5.14. The van der Waals surface area contributed by atoms with Crippen molar-refractivity contribution in [2.24, 2.45) is 0 Å². The maximum atomic E-state index is 12.3. The van der Waals surface area contributed by atoms with Crippen molar-refractivity contribution in [1.29, 1.82) is 0 Å². The zero-order valence-electron chi connectivity index (χ0n) is 12.0. The van der Waals surface area contributed by atoms with E-state index in [1.165, 1.54) is 6.26 Å². The number of carbonyl (C=O) groups excluding carboxylic acids is 1. The Bertz CT molecular complexity index is 605. The fourth-order valence-corrected chi connectivity index (χ4v) is 1.84. The molecular weight excluding hydrogens is 254 g/mol. The first-order valence-electron chi connectivity index (χ1n) is 6.68. The topological polar surface area (TPSA) is 67.2 Å². The van der Waals surface area contributed by atoms with Crippen LogP contribution in [0.15, 0.2) is 28.9 Å². The fourth-order valence-electron chi connectivity index (χ4n) is 1.84. The van der Waals surface area contributed by atoms with Gasteiger partial charge in [-0.1, -0.05) is 18.6 Å². The Balaban J connectivity index is 2.21. The van der Waals surface area contributed by atoms with Gasteiger partial charge < -0.3 is 9.73 Å². The number of hydrogen-bond donors (Lipinski definition) is 2. The van der Waals surface area contributed by atoms with Gasteiger partial charge in [-0.25, -0.2) is 0 Å². The van der Waals surface area contributed by atoms with Crippen LogP contribution in [0.5, 0.6) is 0 Å². The smallest absolute Gasteiger partial charge is 0.301 e. The number of anilines is 2. The van der Waals surface area contributed by atoms with E-state index in [0.29, 0.717) is 5.56 Å². The minimum atomic E-state index is -0.228. The van der Waals surface area contributed by atoms with Crippen LogP contribution >= 0.6 is 0 Å². The predicted molar refractivity (Wildman–Crippen MR) is 79.2 cm³/mol. The van der Waals surface area contributed by atoms with E-state index in [2.05, 4.69) is 22.5 Å². The minimum absolute atomic E-state index is 0.218. The first kappa shape index (κ1) is 14.1. The highest BCUT2D eigenvalue weighted by Gasteiger charge is 2.14. The second-order valence-electron chi connectivity index (χ2n) is 4.72. The zero-order valence-corrected chi connectivity index (χ0v) is 12.0. The molecule has 0 unspecified atom stereocenters. The zero-order chi connectivity index (χ0) is 14.5. The van der Waals surface area contributed by atoms with Gasteiger partial charge in [0, 0.05) is 12.2 Å². The summed E-state index contributed by atoms with van der Waals surface area (Å²) in [6.45, 7) is 6.66. The molecule has 0 saturated heterocycles. The van der Waals surface area contributed by atoms with Gasteiger partial charge in [0.15, 0.2) is 0 Å². The van der Waals surface area contributed by atoms with Crippen molar-refractivity contribution in [3.63, 3.8) is 0 Å². The highest BCUT2D eigenvalue weighted by Crippen LogP contribution is 2.19. The molecule has 20 heavy (non-hydrogen) atoms. The third kappa shape index (κ3) is 3.38. The molecule has 0 radical (unpaired) electrons. The predicted octanol–water partition coefficient (Wildman–Crippen LogP) is 3.37. The van der Waals surface area contributed by atoms with E-state index >= 15 is 0 Å². The number of oxazole rings is 1. The largest absolute Gasteiger partial charge is 0.432 e. The van der Waals surface area contributed by atoms with E-state index in [-0.39, 0.29) is 11.9 Å².